The van der Waals surface area contributed by atoms with Crippen LogP contribution in [0.15, 0.2) is 0 Å². The summed E-state index contributed by atoms with van der Waals surface area (Å²) in [7, 11) is 0. The van der Waals surface area contributed by atoms with Gasteiger partial charge in [-0.25, -0.2) is 0 Å². The van der Waals surface area contributed by atoms with Crippen molar-refractivity contribution in [2.24, 2.45) is 0 Å². The number of hydrogen-bond donors (Lipinski definition) is 1. The van der Waals surface area contributed by atoms with Gasteiger partial charge in [-0.3, -0.25) is 4.79 Å². The molecule has 0 bridgehead atoms. The van der Waals surface area contributed by atoms with Crippen molar-refractivity contribution in [2.45, 2.75) is 65.2 Å². The number of ether oxygens (including phenoxy) is 1. The number of carbonyl (C=O) groups excluding carboxylic acids is 1. The first kappa shape index (κ1) is 16.4. The fraction of sp³-hybridized carbons (Fsp3) is 0.929. The summed E-state index contributed by atoms with van der Waals surface area (Å²) in [5.74, 6) is -0.0327. The number of hydrogen-bond acceptors (Lipinski definition) is 3. The molecule has 3 heteroatoms. The third-order valence-corrected chi connectivity index (χ3v) is 2.70. The van der Waals surface area contributed by atoms with Crippen molar-refractivity contribution in [3.63, 3.8) is 0 Å². The van der Waals surface area contributed by atoms with Crippen molar-refractivity contribution in [3.8, 4) is 0 Å². The average Bonchev–Trinajstić information content (AvgIpc) is 2.33. The van der Waals surface area contributed by atoms with E-state index in [0.717, 1.165) is 38.8 Å². The lowest BCUT2D eigenvalue weighted by molar-refractivity contribution is -0.143. The van der Waals surface area contributed by atoms with Gasteiger partial charge in [-0.2, -0.15) is 0 Å². The van der Waals surface area contributed by atoms with E-state index in [1.807, 2.05) is 0 Å². The first-order valence-electron chi connectivity index (χ1n) is 7.17. The second kappa shape index (κ2) is 13.5. The summed E-state index contributed by atoms with van der Waals surface area (Å²) in [5, 5.41) is 3.37. The van der Waals surface area contributed by atoms with Crippen LogP contribution in [0, 0.1) is 0 Å². The maximum absolute atomic E-state index is 11.3. The van der Waals surface area contributed by atoms with Gasteiger partial charge >= 0.3 is 5.97 Å². The van der Waals surface area contributed by atoms with E-state index >= 15 is 0 Å². The predicted molar refractivity (Wildman–Crippen MR) is 72.1 cm³/mol. The van der Waals surface area contributed by atoms with Crippen molar-refractivity contribution in [2.75, 3.05) is 19.7 Å². The summed E-state index contributed by atoms with van der Waals surface area (Å²) in [4.78, 5) is 11.3. The van der Waals surface area contributed by atoms with Gasteiger partial charge < -0.3 is 10.1 Å². The van der Waals surface area contributed by atoms with Gasteiger partial charge in [0.15, 0.2) is 0 Å². The molecule has 0 aliphatic heterocycles. The van der Waals surface area contributed by atoms with Crippen LogP contribution in [0.4, 0.5) is 0 Å². The van der Waals surface area contributed by atoms with Gasteiger partial charge in [0, 0.05) is 6.42 Å². The minimum Gasteiger partial charge on any atom is -0.466 e. The molecule has 0 unspecified atom stereocenters. The molecule has 0 spiro atoms. The molecule has 0 aromatic rings. The highest BCUT2D eigenvalue weighted by atomic mass is 16.5. The van der Waals surface area contributed by atoms with E-state index in [4.69, 9.17) is 4.74 Å². The zero-order chi connectivity index (χ0) is 12.8. The minimum absolute atomic E-state index is 0.0327. The normalized spacial score (nSPS) is 10.5. The molecule has 17 heavy (non-hydrogen) atoms. The van der Waals surface area contributed by atoms with Crippen molar-refractivity contribution in [3.05, 3.63) is 0 Å². The van der Waals surface area contributed by atoms with Crippen LogP contribution in [0.25, 0.3) is 0 Å². The molecule has 0 fully saturated rings. The van der Waals surface area contributed by atoms with Crippen LogP contribution < -0.4 is 5.32 Å². The Labute approximate surface area is 106 Å². The lowest BCUT2D eigenvalue weighted by Crippen LogP contribution is -2.16. The third kappa shape index (κ3) is 13.4. The molecule has 0 saturated heterocycles. The van der Waals surface area contributed by atoms with Gasteiger partial charge in [0.1, 0.15) is 0 Å². The average molecular weight is 243 g/mol. The van der Waals surface area contributed by atoms with Crippen LogP contribution in [0.2, 0.25) is 0 Å². The summed E-state index contributed by atoms with van der Waals surface area (Å²) in [5.41, 5.74) is 0. The van der Waals surface area contributed by atoms with Gasteiger partial charge in [-0.1, -0.05) is 33.1 Å². The number of rotatable bonds is 12. The number of carbonyl (C=O) groups is 1. The molecule has 0 atom stereocenters. The SMILES string of the molecule is CCCCCOC(=O)CCCCNCCCC. The standard InChI is InChI=1S/C14H29NO2/c1-3-5-9-13-17-14(16)10-7-8-12-15-11-6-4-2/h15H,3-13H2,1-2H3. The molecule has 0 saturated carbocycles. The van der Waals surface area contributed by atoms with E-state index in [9.17, 15) is 4.79 Å². The molecule has 0 aromatic heterocycles. The van der Waals surface area contributed by atoms with Crippen molar-refractivity contribution in [1.29, 1.82) is 0 Å². The highest BCUT2D eigenvalue weighted by Gasteiger charge is 2.01. The van der Waals surface area contributed by atoms with E-state index in [1.54, 1.807) is 0 Å². The summed E-state index contributed by atoms with van der Waals surface area (Å²) in [6.45, 7) is 7.05. The zero-order valence-corrected chi connectivity index (χ0v) is 11.6. The number of nitrogens with one attached hydrogen (secondary N) is 1. The van der Waals surface area contributed by atoms with E-state index in [1.165, 1.54) is 19.3 Å². The predicted octanol–water partition coefficient (Wildman–Crippen LogP) is 3.28. The first-order valence-corrected chi connectivity index (χ1v) is 7.17. The maximum Gasteiger partial charge on any atom is 0.305 e. The molecule has 1 N–H and O–H groups in total. The molecule has 0 rings (SSSR count). The second-order valence-corrected chi connectivity index (χ2v) is 4.49. The largest absolute Gasteiger partial charge is 0.466 e. The highest BCUT2D eigenvalue weighted by molar-refractivity contribution is 5.69. The van der Waals surface area contributed by atoms with Gasteiger partial charge in [-0.05, 0) is 38.8 Å². The molecule has 0 amide bonds. The third-order valence-electron chi connectivity index (χ3n) is 2.70. The van der Waals surface area contributed by atoms with E-state index < -0.39 is 0 Å². The van der Waals surface area contributed by atoms with Crippen molar-refractivity contribution < 1.29 is 9.53 Å². The Balaban J connectivity index is 3.11. The van der Waals surface area contributed by atoms with Crippen molar-refractivity contribution in [1.82, 2.24) is 5.32 Å². The van der Waals surface area contributed by atoms with Gasteiger partial charge in [0.25, 0.3) is 0 Å². The molecule has 0 aromatic carbocycles. The highest BCUT2D eigenvalue weighted by Crippen LogP contribution is 1.99. The maximum atomic E-state index is 11.3. The molecular formula is C14H29NO2. The Morgan fingerprint density at radius 3 is 2.35 bits per heavy atom. The molecule has 102 valence electrons. The molecule has 0 heterocycles. The molecule has 3 nitrogen and oxygen atoms in total. The molecule has 0 aliphatic rings. The van der Waals surface area contributed by atoms with Crippen LogP contribution >= 0.6 is 0 Å². The smallest absolute Gasteiger partial charge is 0.305 e. The van der Waals surface area contributed by atoms with Crippen LogP contribution in [-0.2, 0) is 9.53 Å². The van der Waals surface area contributed by atoms with E-state index in [0.29, 0.717) is 13.0 Å². The van der Waals surface area contributed by atoms with Gasteiger partial charge in [-0.15, -0.1) is 0 Å². The van der Waals surface area contributed by atoms with Gasteiger partial charge in [0.2, 0.25) is 0 Å². The van der Waals surface area contributed by atoms with E-state index in [2.05, 4.69) is 19.2 Å². The topological polar surface area (TPSA) is 38.3 Å². The summed E-state index contributed by atoms with van der Waals surface area (Å²) < 4.78 is 5.13. The monoisotopic (exact) mass is 243 g/mol. The number of esters is 1. The quantitative estimate of drug-likeness (QED) is 0.422. The lowest BCUT2D eigenvalue weighted by atomic mass is 10.2. The zero-order valence-electron chi connectivity index (χ0n) is 11.6. The Bertz CT molecular complexity index is 172. The fourth-order valence-electron chi connectivity index (χ4n) is 1.56. The Morgan fingerprint density at radius 2 is 1.65 bits per heavy atom. The van der Waals surface area contributed by atoms with Crippen LogP contribution in [0.5, 0.6) is 0 Å². The second-order valence-electron chi connectivity index (χ2n) is 4.49. The van der Waals surface area contributed by atoms with Crippen molar-refractivity contribution >= 4 is 5.97 Å². The van der Waals surface area contributed by atoms with Crippen LogP contribution in [0.1, 0.15) is 65.2 Å². The molecule has 0 aliphatic carbocycles. The Morgan fingerprint density at radius 1 is 0.941 bits per heavy atom. The Kier molecular flexibility index (Phi) is 13.0. The summed E-state index contributed by atoms with van der Waals surface area (Å²) in [6, 6.07) is 0. The summed E-state index contributed by atoms with van der Waals surface area (Å²) >= 11 is 0. The summed E-state index contributed by atoms with van der Waals surface area (Å²) in [6.07, 6.45) is 8.36. The minimum atomic E-state index is -0.0327. The molecular weight excluding hydrogens is 214 g/mol. The van der Waals surface area contributed by atoms with E-state index in [-0.39, 0.29) is 5.97 Å². The Hall–Kier alpha value is -0.570. The van der Waals surface area contributed by atoms with Crippen LogP contribution in [-0.4, -0.2) is 25.7 Å². The lowest BCUT2D eigenvalue weighted by Gasteiger charge is -2.05. The fourth-order valence-corrected chi connectivity index (χ4v) is 1.56. The number of unbranched alkanes of at least 4 members (excludes halogenated alkanes) is 4. The molecule has 0 radical (unpaired) electrons. The first-order chi connectivity index (χ1) is 8.31. The van der Waals surface area contributed by atoms with Crippen LogP contribution in [0.3, 0.4) is 0 Å². The van der Waals surface area contributed by atoms with Gasteiger partial charge in [0.05, 0.1) is 6.61 Å².